The second-order valence-corrected chi connectivity index (χ2v) is 5.06. The lowest BCUT2D eigenvalue weighted by molar-refractivity contribution is 0.102. The fraction of sp³-hybridized carbons (Fsp3) is 0.438. The number of rotatable bonds is 8. The summed E-state index contributed by atoms with van der Waals surface area (Å²) in [6.07, 6.45) is 4.97. The van der Waals surface area contributed by atoms with E-state index in [1.807, 2.05) is 10.9 Å². The zero-order valence-corrected chi connectivity index (χ0v) is 13.8. The second-order valence-electron chi connectivity index (χ2n) is 5.06. The fourth-order valence-electron chi connectivity index (χ4n) is 2.17. The molecule has 0 fully saturated rings. The van der Waals surface area contributed by atoms with Crippen molar-refractivity contribution in [3.8, 4) is 5.88 Å². The van der Waals surface area contributed by atoms with Crippen LogP contribution in [0.4, 0.5) is 5.69 Å². The van der Waals surface area contributed by atoms with Crippen LogP contribution in [0.2, 0.25) is 0 Å². The van der Waals surface area contributed by atoms with Crippen LogP contribution in [0.3, 0.4) is 0 Å². The second kappa shape index (κ2) is 8.28. The van der Waals surface area contributed by atoms with Gasteiger partial charge in [-0.1, -0.05) is 13.8 Å². The van der Waals surface area contributed by atoms with E-state index in [4.69, 9.17) is 4.74 Å². The molecule has 0 bridgehead atoms. The van der Waals surface area contributed by atoms with Gasteiger partial charge < -0.3 is 15.0 Å². The summed E-state index contributed by atoms with van der Waals surface area (Å²) in [4.78, 5) is 18.5. The van der Waals surface area contributed by atoms with Crippen molar-refractivity contribution in [2.45, 2.75) is 20.4 Å². The quantitative estimate of drug-likeness (QED) is 0.805. The van der Waals surface area contributed by atoms with Crippen LogP contribution in [-0.2, 0) is 6.54 Å². The van der Waals surface area contributed by atoms with E-state index >= 15 is 0 Å². The van der Waals surface area contributed by atoms with Gasteiger partial charge in [-0.15, -0.1) is 0 Å². The Bertz CT molecular complexity index is 620. The molecule has 0 spiro atoms. The summed E-state index contributed by atoms with van der Waals surface area (Å²) in [6, 6.07) is 3.33. The van der Waals surface area contributed by atoms with Gasteiger partial charge in [0.15, 0.2) is 0 Å². The first-order chi connectivity index (χ1) is 11.2. The molecule has 0 saturated carbocycles. The number of amides is 1. The summed E-state index contributed by atoms with van der Waals surface area (Å²) in [5.41, 5.74) is 1.15. The number of ether oxygens (including phenoxy) is 1. The van der Waals surface area contributed by atoms with Gasteiger partial charge >= 0.3 is 0 Å². The van der Waals surface area contributed by atoms with Gasteiger partial charge in [-0.3, -0.25) is 9.48 Å². The third-order valence-electron chi connectivity index (χ3n) is 3.64. The standard InChI is InChI=1S/C16H23N5O2/c1-4-20(5-2)8-9-21-12-14(11-18-21)19-16(22)13-6-7-15(23-3)17-10-13/h6-7,10-12H,4-5,8-9H2,1-3H3,(H,19,22). The van der Waals surface area contributed by atoms with Crippen molar-refractivity contribution in [3.05, 3.63) is 36.3 Å². The van der Waals surface area contributed by atoms with E-state index < -0.39 is 0 Å². The number of pyridine rings is 1. The van der Waals surface area contributed by atoms with E-state index in [-0.39, 0.29) is 5.91 Å². The first kappa shape index (κ1) is 17.0. The Hall–Kier alpha value is -2.41. The molecule has 1 amide bonds. The van der Waals surface area contributed by atoms with E-state index in [0.717, 1.165) is 26.2 Å². The summed E-state index contributed by atoms with van der Waals surface area (Å²) < 4.78 is 6.81. The highest BCUT2D eigenvalue weighted by atomic mass is 16.5. The minimum absolute atomic E-state index is 0.219. The Balaban J connectivity index is 1.91. The Morgan fingerprint density at radius 1 is 1.30 bits per heavy atom. The SMILES string of the molecule is CCN(CC)CCn1cc(NC(=O)c2ccc(OC)nc2)cn1. The third-order valence-corrected chi connectivity index (χ3v) is 3.64. The number of anilines is 1. The number of nitrogens with zero attached hydrogens (tertiary/aromatic N) is 4. The average Bonchev–Trinajstić information content (AvgIpc) is 3.03. The maximum Gasteiger partial charge on any atom is 0.257 e. The third kappa shape index (κ3) is 4.79. The van der Waals surface area contributed by atoms with Crippen molar-refractivity contribution in [3.63, 3.8) is 0 Å². The summed E-state index contributed by atoms with van der Waals surface area (Å²) in [7, 11) is 1.54. The smallest absolute Gasteiger partial charge is 0.257 e. The molecule has 7 nitrogen and oxygen atoms in total. The summed E-state index contributed by atoms with van der Waals surface area (Å²) in [5, 5.41) is 7.09. The molecule has 0 aliphatic carbocycles. The molecule has 2 aromatic heterocycles. The molecule has 0 saturated heterocycles. The maximum atomic E-state index is 12.1. The predicted molar refractivity (Wildman–Crippen MR) is 88.8 cm³/mol. The van der Waals surface area contributed by atoms with E-state index in [1.165, 1.54) is 13.3 Å². The van der Waals surface area contributed by atoms with Crippen molar-refractivity contribution < 1.29 is 9.53 Å². The van der Waals surface area contributed by atoms with Gasteiger partial charge in [0.1, 0.15) is 0 Å². The zero-order chi connectivity index (χ0) is 16.7. The van der Waals surface area contributed by atoms with Crippen LogP contribution in [0, 0.1) is 0 Å². The molecule has 124 valence electrons. The van der Waals surface area contributed by atoms with Gasteiger partial charge in [0, 0.05) is 25.0 Å². The van der Waals surface area contributed by atoms with Crippen molar-refractivity contribution in [1.82, 2.24) is 19.7 Å². The Labute approximate surface area is 136 Å². The number of hydrogen-bond acceptors (Lipinski definition) is 5. The van der Waals surface area contributed by atoms with Crippen molar-refractivity contribution in [2.75, 3.05) is 32.1 Å². The first-order valence-corrected chi connectivity index (χ1v) is 7.72. The number of carbonyl (C=O) groups is 1. The van der Waals surface area contributed by atoms with E-state index in [1.54, 1.807) is 18.3 Å². The van der Waals surface area contributed by atoms with Crippen molar-refractivity contribution in [1.29, 1.82) is 0 Å². The van der Waals surface area contributed by atoms with Crippen LogP contribution in [-0.4, -0.2) is 52.3 Å². The minimum atomic E-state index is -0.219. The largest absolute Gasteiger partial charge is 0.481 e. The molecular formula is C16H23N5O2. The number of methoxy groups -OCH3 is 1. The van der Waals surface area contributed by atoms with Crippen molar-refractivity contribution in [2.24, 2.45) is 0 Å². The van der Waals surface area contributed by atoms with Gasteiger partial charge in [-0.2, -0.15) is 5.10 Å². The number of nitrogens with one attached hydrogen (secondary N) is 1. The first-order valence-electron chi connectivity index (χ1n) is 7.72. The monoisotopic (exact) mass is 317 g/mol. The molecular weight excluding hydrogens is 294 g/mol. The fourth-order valence-corrected chi connectivity index (χ4v) is 2.17. The molecule has 0 radical (unpaired) electrons. The number of aromatic nitrogens is 3. The number of carbonyl (C=O) groups excluding carboxylic acids is 1. The van der Waals surface area contributed by atoms with Crippen molar-refractivity contribution >= 4 is 11.6 Å². The molecule has 0 aromatic carbocycles. The Morgan fingerprint density at radius 2 is 2.09 bits per heavy atom. The van der Waals surface area contributed by atoms with Crippen LogP contribution in [0.1, 0.15) is 24.2 Å². The molecule has 2 rings (SSSR count). The summed E-state index contributed by atoms with van der Waals surface area (Å²) in [5.74, 6) is 0.259. The van der Waals surface area contributed by atoms with Crippen LogP contribution in [0.15, 0.2) is 30.7 Å². The van der Waals surface area contributed by atoms with Gasteiger partial charge in [-0.05, 0) is 19.2 Å². The highest BCUT2D eigenvalue weighted by Crippen LogP contribution is 2.10. The Kier molecular flexibility index (Phi) is 6.10. The van der Waals surface area contributed by atoms with Gasteiger partial charge in [0.2, 0.25) is 5.88 Å². The van der Waals surface area contributed by atoms with Gasteiger partial charge in [-0.25, -0.2) is 4.98 Å². The average molecular weight is 317 g/mol. The Morgan fingerprint density at radius 3 is 2.70 bits per heavy atom. The van der Waals surface area contributed by atoms with Gasteiger partial charge in [0.05, 0.1) is 31.1 Å². The van der Waals surface area contributed by atoms with E-state index in [2.05, 4.69) is 34.1 Å². The van der Waals surface area contributed by atoms with E-state index in [0.29, 0.717) is 17.1 Å². The maximum absolute atomic E-state index is 12.1. The molecule has 2 aromatic rings. The predicted octanol–water partition coefficient (Wildman–Crippen LogP) is 1.88. The molecule has 0 aliphatic rings. The molecule has 2 heterocycles. The molecule has 0 aliphatic heterocycles. The lowest BCUT2D eigenvalue weighted by Gasteiger charge is -2.17. The van der Waals surface area contributed by atoms with Crippen LogP contribution >= 0.6 is 0 Å². The highest BCUT2D eigenvalue weighted by Gasteiger charge is 2.09. The molecule has 1 N–H and O–H groups in total. The molecule has 0 atom stereocenters. The number of likely N-dealkylation sites (N-methyl/N-ethyl adjacent to an activating group) is 1. The molecule has 23 heavy (non-hydrogen) atoms. The van der Waals surface area contributed by atoms with Crippen LogP contribution in [0.25, 0.3) is 0 Å². The lowest BCUT2D eigenvalue weighted by atomic mass is 10.2. The summed E-state index contributed by atoms with van der Waals surface area (Å²) >= 11 is 0. The highest BCUT2D eigenvalue weighted by molar-refractivity contribution is 6.03. The summed E-state index contributed by atoms with van der Waals surface area (Å²) in [6.45, 7) is 8.05. The number of hydrogen-bond donors (Lipinski definition) is 1. The molecule has 7 heteroatoms. The molecule has 0 unspecified atom stereocenters. The van der Waals surface area contributed by atoms with Crippen LogP contribution < -0.4 is 10.1 Å². The topological polar surface area (TPSA) is 72.3 Å². The lowest BCUT2D eigenvalue weighted by Crippen LogP contribution is -2.27. The zero-order valence-electron chi connectivity index (χ0n) is 13.8. The van der Waals surface area contributed by atoms with E-state index in [9.17, 15) is 4.79 Å². The normalized spacial score (nSPS) is 10.8. The minimum Gasteiger partial charge on any atom is -0.481 e. The van der Waals surface area contributed by atoms with Crippen LogP contribution in [0.5, 0.6) is 5.88 Å². The van der Waals surface area contributed by atoms with Gasteiger partial charge in [0.25, 0.3) is 5.91 Å².